The van der Waals surface area contributed by atoms with Gasteiger partial charge in [-0.15, -0.1) is 0 Å². The fourth-order valence-corrected chi connectivity index (χ4v) is 10.0. The predicted octanol–water partition coefficient (Wildman–Crippen LogP) is 24.4. The van der Waals surface area contributed by atoms with Crippen molar-refractivity contribution >= 4 is 17.9 Å². The number of allylic oxidation sites excluding steroid dienone is 16. The van der Waals surface area contributed by atoms with Crippen molar-refractivity contribution in [3.63, 3.8) is 0 Å². The van der Waals surface area contributed by atoms with Crippen LogP contribution >= 0.6 is 0 Å². The standard InChI is InChI=1S/C76H132O6/c1-4-7-10-13-16-19-22-25-28-30-32-33-34-35-36-37-38-39-40-41-42-43-45-46-48-51-54-57-60-63-66-69-75(78)81-72-73(71-80-74(77)68-65-62-59-56-53-50-27-24-21-18-15-12-9-6-3)82-76(79)70-67-64-61-58-55-52-49-47-44-31-29-26-23-20-17-14-11-8-5-2/h8,11,17,20,22,24-27,29-30,32,44,47,52,55,73H,4-7,9-10,12-16,18-19,21,23,28,31,33-43,45-46,48-51,53-54,56-72H2,1-3H3/b11-8-,20-17-,25-22-,27-24-,29-26-,32-30-,47-44-,55-52-. The van der Waals surface area contributed by atoms with Gasteiger partial charge in [0.15, 0.2) is 6.10 Å². The number of ether oxygens (including phenoxy) is 3. The molecule has 0 N–H and O–H groups in total. The summed E-state index contributed by atoms with van der Waals surface area (Å²) in [6.45, 7) is 6.51. The third-order valence-corrected chi connectivity index (χ3v) is 15.3. The summed E-state index contributed by atoms with van der Waals surface area (Å²) < 4.78 is 16.9. The maximum absolute atomic E-state index is 12.9. The smallest absolute Gasteiger partial charge is 0.306 e. The van der Waals surface area contributed by atoms with Gasteiger partial charge >= 0.3 is 17.9 Å². The highest BCUT2D eigenvalue weighted by atomic mass is 16.6. The number of carbonyl (C=O) groups is 3. The van der Waals surface area contributed by atoms with Crippen LogP contribution in [0.2, 0.25) is 0 Å². The summed E-state index contributed by atoms with van der Waals surface area (Å²) in [4.78, 5) is 38.4. The van der Waals surface area contributed by atoms with E-state index in [1.807, 2.05) is 0 Å². The number of rotatable bonds is 64. The SMILES string of the molecule is CC/C=C\C/C=C\C/C=C\C/C=C\C/C=C\CCCCCC(=O)OC(COC(=O)CCCCCCC/C=C\CCCCCCC)COC(=O)CCCCCCCCCCCCCCCCCCCCC/C=C\C/C=C\CCCCCCC. The van der Waals surface area contributed by atoms with Crippen molar-refractivity contribution in [2.24, 2.45) is 0 Å². The number of carbonyl (C=O) groups excluding carboxylic acids is 3. The maximum Gasteiger partial charge on any atom is 0.306 e. The molecule has 0 aromatic heterocycles. The second-order valence-corrected chi connectivity index (χ2v) is 23.4. The van der Waals surface area contributed by atoms with Crippen molar-refractivity contribution in [3.8, 4) is 0 Å². The van der Waals surface area contributed by atoms with Gasteiger partial charge < -0.3 is 14.2 Å². The van der Waals surface area contributed by atoms with Crippen LogP contribution in [0.3, 0.4) is 0 Å². The molecule has 0 saturated carbocycles. The zero-order valence-electron chi connectivity index (χ0n) is 54.2. The Morgan fingerprint density at radius 2 is 0.476 bits per heavy atom. The summed E-state index contributed by atoms with van der Waals surface area (Å²) in [7, 11) is 0. The topological polar surface area (TPSA) is 78.9 Å². The van der Waals surface area contributed by atoms with E-state index in [2.05, 4.69) is 118 Å². The second-order valence-electron chi connectivity index (χ2n) is 23.4. The highest BCUT2D eigenvalue weighted by molar-refractivity contribution is 5.71. The van der Waals surface area contributed by atoms with Crippen LogP contribution in [0.5, 0.6) is 0 Å². The van der Waals surface area contributed by atoms with E-state index in [0.29, 0.717) is 12.8 Å². The first kappa shape index (κ1) is 78.3. The average Bonchev–Trinajstić information content (AvgIpc) is 3.47. The number of esters is 3. The van der Waals surface area contributed by atoms with Gasteiger partial charge in [-0.1, -0.05) is 304 Å². The molecule has 0 saturated heterocycles. The van der Waals surface area contributed by atoms with E-state index in [9.17, 15) is 14.4 Å². The first-order valence-electron chi connectivity index (χ1n) is 35.2. The normalized spacial score (nSPS) is 12.7. The molecule has 0 spiro atoms. The molecule has 1 atom stereocenters. The molecule has 1 unspecified atom stereocenters. The van der Waals surface area contributed by atoms with E-state index in [-0.39, 0.29) is 37.5 Å². The fourth-order valence-electron chi connectivity index (χ4n) is 10.0. The van der Waals surface area contributed by atoms with Gasteiger partial charge in [0, 0.05) is 19.3 Å². The van der Waals surface area contributed by atoms with Crippen molar-refractivity contribution < 1.29 is 28.6 Å². The van der Waals surface area contributed by atoms with Crippen LogP contribution in [-0.2, 0) is 28.6 Å². The Kier molecular flexibility index (Phi) is 66.7. The highest BCUT2D eigenvalue weighted by Crippen LogP contribution is 2.17. The van der Waals surface area contributed by atoms with Crippen LogP contribution in [0.25, 0.3) is 0 Å². The zero-order chi connectivity index (χ0) is 59.2. The molecule has 0 aliphatic rings. The minimum absolute atomic E-state index is 0.0912. The summed E-state index contributed by atoms with van der Waals surface area (Å²) >= 11 is 0. The number of unbranched alkanes of at least 4 members (excludes halogenated alkanes) is 37. The van der Waals surface area contributed by atoms with Gasteiger partial charge in [0.25, 0.3) is 0 Å². The molecule has 0 heterocycles. The summed E-state index contributed by atoms with van der Waals surface area (Å²) in [6, 6.07) is 0. The van der Waals surface area contributed by atoms with E-state index >= 15 is 0 Å². The monoisotopic (exact) mass is 1140 g/mol. The highest BCUT2D eigenvalue weighted by Gasteiger charge is 2.19. The third-order valence-electron chi connectivity index (χ3n) is 15.3. The molecule has 0 fully saturated rings. The molecule has 0 aliphatic carbocycles. The van der Waals surface area contributed by atoms with Gasteiger partial charge in [-0.2, -0.15) is 0 Å². The summed E-state index contributed by atoms with van der Waals surface area (Å²) in [5.41, 5.74) is 0. The lowest BCUT2D eigenvalue weighted by Crippen LogP contribution is -2.30. The van der Waals surface area contributed by atoms with Gasteiger partial charge in [0.05, 0.1) is 0 Å². The van der Waals surface area contributed by atoms with Crippen LogP contribution in [-0.4, -0.2) is 37.2 Å². The van der Waals surface area contributed by atoms with Crippen molar-refractivity contribution in [3.05, 3.63) is 97.2 Å². The van der Waals surface area contributed by atoms with Crippen molar-refractivity contribution in [1.29, 1.82) is 0 Å². The summed E-state index contributed by atoms with van der Waals surface area (Å²) in [6.07, 6.45) is 94.4. The van der Waals surface area contributed by atoms with Crippen molar-refractivity contribution in [2.75, 3.05) is 13.2 Å². The molecule has 0 radical (unpaired) electrons. The molecular weight excluding hydrogens is 1010 g/mol. The molecule has 0 aromatic carbocycles. The molecule has 0 aromatic rings. The van der Waals surface area contributed by atoms with Crippen LogP contribution in [0.4, 0.5) is 0 Å². The molecule has 0 rings (SSSR count). The number of hydrogen-bond acceptors (Lipinski definition) is 6. The van der Waals surface area contributed by atoms with E-state index in [1.165, 1.54) is 199 Å². The first-order chi connectivity index (χ1) is 40.5. The zero-order valence-corrected chi connectivity index (χ0v) is 54.2. The van der Waals surface area contributed by atoms with Crippen LogP contribution in [0, 0.1) is 0 Å². The lowest BCUT2D eigenvalue weighted by atomic mass is 10.0. The largest absolute Gasteiger partial charge is 0.462 e. The molecule has 0 amide bonds. The minimum atomic E-state index is -0.799. The molecule has 0 aliphatic heterocycles. The molecule has 6 heteroatoms. The Labute approximate surface area is 508 Å². The van der Waals surface area contributed by atoms with E-state index in [1.54, 1.807) is 0 Å². The predicted molar refractivity (Wildman–Crippen MR) is 357 cm³/mol. The minimum Gasteiger partial charge on any atom is -0.462 e. The Balaban J connectivity index is 4.26. The Morgan fingerprint density at radius 3 is 0.768 bits per heavy atom. The van der Waals surface area contributed by atoms with Gasteiger partial charge in [0.1, 0.15) is 13.2 Å². The van der Waals surface area contributed by atoms with Gasteiger partial charge in [-0.3, -0.25) is 14.4 Å². The molecule has 0 bridgehead atoms. The van der Waals surface area contributed by atoms with Gasteiger partial charge in [-0.05, 0) is 122 Å². The van der Waals surface area contributed by atoms with Crippen LogP contribution in [0.1, 0.15) is 348 Å². The first-order valence-corrected chi connectivity index (χ1v) is 35.2. The fraction of sp³-hybridized carbons (Fsp3) is 0.750. The van der Waals surface area contributed by atoms with E-state index in [0.717, 1.165) is 109 Å². The lowest BCUT2D eigenvalue weighted by Gasteiger charge is -2.18. The van der Waals surface area contributed by atoms with Gasteiger partial charge in [-0.25, -0.2) is 0 Å². The average molecular weight is 1140 g/mol. The maximum atomic E-state index is 12.9. The van der Waals surface area contributed by atoms with Crippen molar-refractivity contribution in [2.45, 2.75) is 354 Å². The van der Waals surface area contributed by atoms with E-state index < -0.39 is 6.10 Å². The third kappa shape index (κ3) is 67.1. The number of hydrogen-bond donors (Lipinski definition) is 0. The van der Waals surface area contributed by atoms with Crippen LogP contribution < -0.4 is 0 Å². The summed E-state index contributed by atoms with van der Waals surface area (Å²) in [5.74, 6) is -0.918. The van der Waals surface area contributed by atoms with Gasteiger partial charge in [0.2, 0.25) is 0 Å². The van der Waals surface area contributed by atoms with E-state index in [4.69, 9.17) is 14.2 Å². The quantitative estimate of drug-likeness (QED) is 0.0261. The Hall–Kier alpha value is -3.67. The Morgan fingerprint density at radius 1 is 0.256 bits per heavy atom. The van der Waals surface area contributed by atoms with Crippen LogP contribution in [0.15, 0.2) is 97.2 Å². The summed E-state index contributed by atoms with van der Waals surface area (Å²) in [5, 5.41) is 0. The molecule has 82 heavy (non-hydrogen) atoms. The lowest BCUT2D eigenvalue weighted by molar-refractivity contribution is -0.167. The molecular formula is C76H132O6. The molecule has 472 valence electrons. The second kappa shape index (κ2) is 69.8. The Bertz CT molecular complexity index is 1590. The molecule has 6 nitrogen and oxygen atoms in total. The van der Waals surface area contributed by atoms with Crippen molar-refractivity contribution in [1.82, 2.24) is 0 Å².